The predicted octanol–water partition coefficient (Wildman–Crippen LogP) is 2.40. The van der Waals surface area contributed by atoms with Crippen molar-refractivity contribution in [3.8, 4) is 5.75 Å². The van der Waals surface area contributed by atoms with E-state index in [2.05, 4.69) is 10.3 Å². The molecule has 110 valence electrons. The van der Waals surface area contributed by atoms with Crippen LogP contribution in [0.25, 0.3) is 0 Å². The van der Waals surface area contributed by atoms with Crippen molar-refractivity contribution in [1.29, 1.82) is 0 Å². The zero-order valence-electron chi connectivity index (χ0n) is 12.5. The summed E-state index contributed by atoms with van der Waals surface area (Å²) in [6.45, 7) is 0.522. The van der Waals surface area contributed by atoms with Crippen LogP contribution in [0.1, 0.15) is 16.1 Å². The molecule has 2 aromatic rings. The van der Waals surface area contributed by atoms with Crippen LogP contribution in [-0.4, -0.2) is 37.0 Å². The molecule has 0 fully saturated rings. The van der Waals surface area contributed by atoms with Gasteiger partial charge in [-0.3, -0.25) is 9.78 Å². The highest BCUT2D eigenvalue weighted by Crippen LogP contribution is 2.14. The quantitative estimate of drug-likeness (QED) is 0.916. The Hall–Kier alpha value is -2.56. The molecule has 0 unspecified atom stereocenters. The summed E-state index contributed by atoms with van der Waals surface area (Å²) in [4.78, 5) is 18.1. The zero-order valence-corrected chi connectivity index (χ0v) is 12.5. The summed E-state index contributed by atoms with van der Waals surface area (Å²) in [5, 5.41) is 3.00. The van der Waals surface area contributed by atoms with Crippen molar-refractivity contribution >= 4 is 11.6 Å². The second kappa shape index (κ2) is 6.74. The third-order valence-electron chi connectivity index (χ3n) is 3.19. The van der Waals surface area contributed by atoms with Crippen LogP contribution in [0.2, 0.25) is 0 Å². The largest absolute Gasteiger partial charge is 0.497 e. The van der Waals surface area contributed by atoms with Gasteiger partial charge < -0.3 is 15.0 Å². The smallest absolute Gasteiger partial charge is 0.272 e. The minimum atomic E-state index is -0.108. The first kappa shape index (κ1) is 14.8. The van der Waals surface area contributed by atoms with Crippen LogP contribution in [0.4, 0.5) is 5.69 Å². The van der Waals surface area contributed by atoms with E-state index in [1.165, 1.54) is 0 Å². The Morgan fingerprint density at radius 1 is 1.29 bits per heavy atom. The fourth-order valence-electron chi connectivity index (χ4n) is 1.98. The van der Waals surface area contributed by atoms with Gasteiger partial charge in [-0.05, 0) is 29.8 Å². The lowest BCUT2D eigenvalue weighted by Gasteiger charge is -2.17. The molecule has 2 rings (SSSR count). The fraction of sp³-hybridized carbons (Fsp3) is 0.250. The minimum Gasteiger partial charge on any atom is -0.497 e. The Kier molecular flexibility index (Phi) is 4.77. The van der Waals surface area contributed by atoms with Gasteiger partial charge in [0.2, 0.25) is 0 Å². The van der Waals surface area contributed by atoms with Gasteiger partial charge in [0.1, 0.15) is 11.4 Å². The molecule has 0 spiro atoms. The van der Waals surface area contributed by atoms with Gasteiger partial charge in [0, 0.05) is 32.5 Å². The number of methoxy groups -OCH3 is 1. The van der Waals surface area contributed by atoms with Crippen molar-refractivity contribution in [2.24, 2.45) is 0 Å². The van der Waals surface area contributed by atoms with E-state index < -0.39 is 0 Å². The molecule has 0 aliphatic rings. The highest BCUT2D eigenvalue weighted by atomic mass is 16.5. The van der Waals surface area contributed by atoms with E-state index in [1.807, 2.05) is 37.4 Å². The molecule has 0 radical (unpaired) electrons. The molecule has 1 aromatic carbocycles. The topological polar surface area (TPSA) is 54.5 Å². The van der Waals surface area contributed by atoms with Crippen molar-refractivity contribution in [2.75, 3.05) is 26.5 Å². The van der Waals surface area contributed by atoms with Crippen LogP contribution in [0.5, 0.6) is 5.75 Å². The molecule has 0 aliphatic carbocycles. The van der Waals surface area contributed by atoms with Crippen LogP contribution < -0.4 is 10.1 Å². The number of anilines is 1. The number of carbonyl (C=O) groups is 1. The third-order valence-corrected chi connectivity index (χ3v) is 3.19. The van der Waals surface area contributed by atoms with Crippen LogP contribution in [0.15, 0.2) is 42.6 Å². The van der Waals surface area contributed by atoms with Crippen molar-refractivity contribution in [1.82, 2.24) is 9.88 Å². The minimum absolute atomic E-state index is 0.108. The summed E-state index contributed by atoms with van der Waals surface area (Å²) in [5.74, 6) is 0.694. The fourth-order valence-corrected chi connectivity index (χ4v) is 1.98. The predicted molar refractivity (Wildman–Crippen MR) is 82.6 cm³/mol. The van der Waals surface area contributed by atoms with E-state index in [0.717, 1.165) is 17.0 Å². The summed E-state index contributed by atoms with van der Waals surface area (Å²) >= 11 is 0. The average molecular weight is 285 g/mol. The van der Waals surface area contributed by atoms with Crippen molar-refractivity contribution < 1.29 is 9.53 Å². The standard InChI is InChI=1S/C16H19N3O2/c1-17-13-8-9-18-15(10-13)16(20)19(2)11-12-4-6-14(21-3)7-5-12/h4-10H,11H2,1-3H3,(H,17,18). The van der Waals surface area contributed by atoms with E-state index in [4.69, 9.17) is 4.74 Å². The van der Waals surface area contributed by atoms with E-state index >= 15 is 0 Å². The highest BCUT2D eigenvalue weighted by molar-refractivity contribution is 5.92. The monoisotopic (exact) mass is 285 g/mol. The van der Waals surface area contributed by atoms with Crippen molar-refractivity contribution in [3.05, 3.63) is 53.9 Å². The van der Waals surface area contributed by atoms with E-state index in [-0.39, 0.29) is 5.91 Å². The zero-order chi connectivity index (χ0) is 15.2. The molecule has 1 heterocycles. The molecule has 0 saturated heterocycles. The second-order valence-electron chi connectivity index (χ2n) is 4.69. The lowest BCUT2D eigenvalue weighted by molar-refractivity contribution is 0.0779. The molecule has 1 N–H and O–H groups in total. The van der Waals surface area contributed by atoms with Crippen LogP contribution >= 0.6 is 0 Å². The maximum Gasteiger partial charge on any atom is 0.272 e. The Balaban J connectivity index is 2.07. The summed E-state index contributed by atoms with van der Waals surface area (Å²) in [5.41, 5.74) is 2.33. The molecule has 1 aromatic heterocycles. The molecular formula is C16H19N3O2. The normalized spacial score (nSPS) is 10.0. The number of benzene rings is 1. The van der Waals surface area contributed by atoms with Crippen LogP contribution in [0, 0.1) is 0 Å². The number of pyridine rings is 1. The Bertz CT molecular complexity index is 611. The number of aromatic nitrogens is 1. The lowest BCUT2D eigenvalue weighted by atomic mass is 10.2. The molecular weight excluding hydrogens is 266 g/mol. The summed E-state index contributed by atoms with van der Waals surface area (Å²) in [7, 11) is 5.20. The number of hydrogen-bond acceptors (Lipinski definition) is 4. The molecule has 0 atom stereocenters. The maximum atomic E-state index is 12.4. The molecule has 0 aliphatic heterocycles. The molecule has 5 nitrogen and oxygen atoms in total. The van der Waals surface area contributed by atoms with E-state index in [1.54, 1.807) is 31.3 Å². The van der Waals surface area contributed by atoms with E-state index in [0.29, 0.717) is 12.2 Å². The maximum absolute atomic E-state index is 12.4. The van der Waals surface area contributed by atoms with Gasteiger partial charge in [-0.15, -0.1) is 0 Å². The van der Waals surface area contributed by atoms with Crippen molar-refractivity contribution in [2.45, 2.75) is 6.54 Å². The van der Waals surface area contributed by atoms with Gasteiger partial charge in [-0.2, -0.15) is 0 Å². The lowest BCUT2D eigenvalue weighted by Crippen LogP contribution is -2.27. The SMILES string of the molecule is CNc1ccnc(C(=O)N(C)Cc2ccc(OC)cc2)c1. The highest BCUT2D eigenvalue weighted by Gasteiger charge is 2.13. The molecule has 1 amide bonds. The van der Waals surface area contributed by atoms with Gasteiger partial charge in [0.25, 0.3) is 5.91 Å². The number of rotatable bonds is 5. The first-order chi connectivity index (χ1) is 10.1. The number of ether oxygens (including phenoxy) is 1. The average Bonchev–Trinajstić information content (AvgIpc) is 2.54. The summed E-state index contributed by atoms with van der Waals surface area (Å²) in [6.07, 6.45) is 1.63. The first-order valence-corrected chi connectivity index (χ1v) is 6.66. The summed E-state index contributed by atoms with van der Waals surface area (Å²) in [6, 6.07) is 11.2. The number of nitrogens with zero attached hydrogens (tertiary/aromatic N) is 2. The molecule has 5 heteroatoms. The van der Waals surface area contributed by atoms with Crippen molar-refractivity contribution in [3.63, 3.8) is 0 Å². The van der Waals surface area contributed by atoms with E-state index in [9.17, 15) is 4.79 Å². The Morgan fingerprint density at radius 2 is 2.00 bits per heavy atom. The number of carbonyl (C=O) groups excluding carboxylic acids is 1. The first-order valence-electron chi connectivity index (χ1n) is 6.66. The van der Waals surface area contributed by atoms with Crippen LogP contribution in [-0.2, 0) is 6.54 Å². The summed E-state index contributed by atoms with van der Waals surface area (Å²) < 4.78 is 5.12. The van der Waals surface area contributed by atoms with Gasteiger partial charge in [0.05, 0.1) is 7.11 Å². The number of amides is 1. The molecule has 0 bridgehead atoms. The van der Waals surface area contributed by atoms with Gasteiger partial charge in [-0.25, -0.2) is 0 Å². The van der Waals surface area contributed by atoms with Gasteiger partial charge in [0.15, 0.2) is 0 Å². The van der Waals surface area contributed by atoms with Gasteiger partial charge in [-0.1, -0.05) is 12.1 Å². The molecule has 21 heavy (non-hydrogen) atoms. The number of hydrogen-bond donors (Lipinski definition) is 1. The number of nitrogens with one attached hydrogen (secondary N) is 1. The van der Waals surface area contributed by atoms with Gasteiger partial charge >= 0.3 is 0 Å². The third kappa shape index (κ3) is 3.72. The Morgan fingerprint density at radius 3 is 2.62 bits per heavy atom. The second-order valence-corrected chi connectivity index (χ2v) is 4.69. The molecule has 0 saturated carbocycles. The Labute approximate surface area is 124 Å². The van der Waals surface area contributed by atoms with Crippen LogP contribution in [0.3, 0.4) is 0 Å².